The maximum absolute atomic E-state index is 5.78. The standard InChI is InChI=1S/C10H16ClNO/c1-4-5-6-7-12-10(11)8-9(2)13-3/h6-8H,4-5H2,1-3H3/b7-6+,9-8+,12-10-. The first-order valence-electron chi connectivity index (χ1n) is 4.31. The Bertz CT molecular complexity index is 219. The van der Waals surface area contributed by atoms with Crippen LogP contribution in [0.25, 0.3) is 0 Å². The molecule has 0 heterocycles. The Balaban J connectivity index is 4.02. The van der Waals surface area contributed by atoms with Crippen LogP contribution in [-0.2, 0) is 4.74 Å². The van der Waals surface area contributed by atoms with Crippen LogP contribution in [0.4, 0.5) is 0 Å². The summed E-state index contributed by atoms with van der Waals surface area (Å²) in [6.07, 6.45) is 7.53. The molecule has 0 atom stereocenters. The maximum Gasteiger partial charge on any atom is 0.132 e. The molecule has 0 amide bonds. The van der Waals surface area contributed by atoms with Crippen LogP contribution in [0.2, 0.25) is 0 Å². The molecule has 0 aromatic heterocycles. The lowest BCUT2D eigenvalue weighted by molar-refractivity contribution is 0.294. The highest BCUT2D eigenvalue weighted by Crippen LogP contribution is 1.98. The van der Waals surface area contributed by atoms with Gasteiger partial charge in [0.15, 0.2) is 0 Å². The van der Waals surface area contributed by atoms with Crippen molar-refractivity contribution < 1.29 is 4.74 Å². The molecule has 0 rings (SSSR count). The van der Waals surface area contributed by atoms with Gasteiger partial charge in [0.1, 0.15) is 5.17 Å². The number of ether oxygens (including phenoxy) is 1. The fraction of sp³-hybridized carbons (Fsp3) is 0.500. The van der Waals surface area contributed by atoms with Crippen LogP contribution in [0.5, 0.6) is 0 Å². The zero-order chi connectivity index (χ0) is 10.1. The third-order valence-electron chi connectivity index (χ3n) is 1.40. The van der Waals surface area contributed by atoms with Crippen molar-refractivity contribution in [2.45, 2.75) is 26.7 Å². The molecule has 0 saturated heterocycles. The molecule has 0 spiro atoms. The molecule has 0 radical (unpaired) electrons. The van der Waals surface area contributed by atoms with E-state index in [1.807, 2.05) is 13.0 Å². The number of hydrogen-bond acceptors (Lipinski definition) is 2. The predicted octanol–water partition coefficient (Wildman–Crippen LogP) is 3.49. The lowest BCUT2D eigenvalue weighted by Gasteiger charge is -1.95. The van der Waals surface area contributed by atoms with E-state index in [2.05, 4.69) is 11.9 Å². The van der Waals surface area contributed by atoms with Crippen molar-refractivity contribution in [1.29, 1.82) is 0 Å². The second-order valence-corrected chi connectivity index (χ2v) is 2.97. The number of hydrogen-bond donors (Lipinski definition) is 0. The van der Waals surface area contributed by atoms with Gasteiger partial charge in [0.2, 0.25) is 0 Å². The molecule has 0 N–H and O–H groups in total. The summed E-state index contributed by atoms with van der Waals surface area (Å²) in [5, 5.41) is 0.437. The van der Waals surface area contributed by atoms with E-state index in [-0.39, 0.29) is 0 Å². The summed E-state index contributed by atoms with van der Waals surface area (Å²) in [7, 11) is 1.60. The Labute approximate surface area is 85.0 Å². The third-order valence-corrected chi connectivity index (χ3v) is 1.61. The second-order valence-electron chi connectivity index (χ2n) is 2.58. The first-order valence-corrected chi connectivity index (χ1v) is 4.69. The molecule has 0 aliphatic rings. The molecule has 0 aromatic carbocycles. The van der Waals surface area contributed by atoms with Gasteiger partial charge in [-0.15, -0.1) is 0 Å². The van der Waals surface area contributed by atoms with E-state index in [4.69, 9.17) is 16.3 Å². The highest BCUT2D eigenvalue weighted by molar-refractivity contribution is 6.68. The van der Waals surface area contributed by atoms with E-state index in [1.54, 1.807) is 19.4 Å². The van der Waals surface area contributed by atoms with E-state index in [1.165, 1.54) is 0 Å². The van der Waals surface area contributed by atoms with Crippen molar-refractivity contribution in [3.63, 3.8) is 0 Å². The van der Waals surface area contributed by atoms with Gasteiger partial charge in [-0.05, 0) is 13.3 Å². The van der Waals surface area contributed by atoms with Crippen molar-refractivity contribution in [3.8, 4) is 0 Å². The predicted molar refractivity (Wildman–Crippen MR) is 58.1 cm³/mol. The zero-order valence-electron chi connectivity index (χ0n) is 8.38. The largest absolute Gasteiger partial charge is 0.501 e. The Morgan fingerprint density at radius 3 is 2.77 bits per heavy atom. The molecular formula is C10H16ClNO. The van der Waals surface area contributed by atoms with Crippen LogP contribution in [0.1, 0.15) is 26.7 Å². The number of allylic oxidation sites excluding steroid dienone is 3. The van der Waals surface area contributed by atoms with Gasteiger partial charge in [-0.25, -0.2) is 4.99 Å². The minimum Gasteiger partial charge on any atom is -0.501 e. The van der Waals surface area contributed by atoms with Crippen molar-refractivity contribution in [1.82, 2.24) is 0 Å². The molecule has 0 saturated carbocycles. The van der Waals surface area contributed by atoms with Crippen LogP contribution < -0.4 is 0 Å². The number of unbranched alkanes of at least 4 members (excludes halogenated alkanes) is 1. The molecule has 0 unspecified atom stereocenters. The summed E-state index contributed by atoms with van der Waals surface area (Å²) in [4.78, 5) is 3.99. The molecule has 3 heteroatoms. The van der Waals surface area contributed by atoms with Crippen molar-refractivity contribution >= 4 is 16.8 Å². The number of aliphatic imine (C=N–C) groups is 1. The van der Waals surface area contributed by atoms with Gasteiger partial charge in [-0.3, -0.25) is 0 Å². The summed E-state index contributed by atoms with van der Waals surface area (Å²) in [5.41, 5.74) is 0. The highest BCUT2D eigenvalue weighted by atomic mass is 35.5. The lowest BCUT2D eigenvalue weighted by Crippen LogP contribution is -1.84. The first kappa shape index (κ1) is 12.2. The fourth-order valence-electron chi connectivity index (χ4n) is 0.629. The van der Waals surface area contributed by atoms with E-state index in [0.717, 1.165) is 18.6 Å². The van der Waals surface area contributed by atoms with Crippen molar-refractivity contribution in [2.75, 3.05) is 7.11 Å². The number of nitrogens with zero attached hydrogens (tertiary/aromatic N) is 1. The third kappa shape index (κ3) is 7.60. The van der Waals surface area contributed by atoms with Gasteiger partial charge >= 0.3 is 0 Å². The van der Waals surface area contributed by atoms with Crippen LogP contribution in [0.15, 0.2) is 29.1 Å². The lowest BCUT2D eigenvalue weighted by atomic mass is 10.3. The Hall–Kier alpha value is -0.760. The average molecular weight is 202 g/mol. The normalized spacial score (nSPS) is 13.8. The molecule has 0 aliphatic carbocycles. The Morgan fingerprint density at radius 1 is 1.54 bits per heavy atom. The topological polar surface area (TPSA) is 21.6 Å². The van der Waals surface area contributed by atoms with Crippen molar-refractivity contribution in [3.05, 3.63) is 24.1 Å². The van der Waals surface area contributed by atoms with Crippen LogP contribution in [0, 0.1) is 0 Å². The molecule has 0 fully saturated rings. The summed E-state index contributed by atoms with van der Waals surface area (Å²) in [6, 6.07) is 0. The Kier molecular flexibility index (Phi) is 7.41. The van der Waals surface area contributed by atoms with Gasteiger partial charge < -0.3 is 4.74 Å². The average Bonchev–Trinajstić information content (AvgIpc) is 2.12. The molecular weight excluding hydrogens is 186 g/mol. The summed E-state index contributed by atoms with van der Waals surface area (Å²) in [6.45, 7) is 3.94. The fourth-order valence-corrected chi connectivity index (χ4v) is 0.839. The molecule has 0 aromatic rings. The van der Waals surface area contributed by atoms with Crippen LogP contribution >= 0.6 is 11.6 Å². The van der Waals surface area contributed by atoms with E-state index in [0.29, 0.717) is 5.17 Å². The van der Waals surface area contributed by atoms with Crippen molar-refractivity contribution in [2.24, 2.45) is 4.99 Å². The minimum absolute atomic E-state index is 0.437. The van der Waals surface area contributed by atoms with Gasteiger partial charge in [-0.1, -0.05) is 31.0 Å². The summed E-state index contributed by atoms with van der Waals surface area (Å²) < 4.78 is 4.92. The quantitative estimate of drug-likeness (QED) is 0.493. The van der Waals surface area contributed by atoms with Crippen LogP contribution in [-0.4, -0.2) is 12.3 Å². The molecule has 13 heavy (non-hydrogen) atoms. The monoisotopic (exact) mass is 201 g/mol. The smallest absolute Gasteiger partial charge is 0.132 e. The summed E-state index contributed by atoms with van der Waals surface area (Å²) in [5.74, 6) is 0.748. The van der Waals surface area contributed by atoms with Gasteiger partial charge in [-0.2, -0.15) is 0 Å². The van der Waals surface area contributed by atoms with E-state index < -0.39 is 0 Å². The second kappa shape index (κ2) is 7.87. The maximum atomic E-state index is 5.78. The van der Waals surface area contributed by atoms with Gasteiger partial charge in [0.25, 0.3) is 0 Å². The van der Waals surface area contributed by atoms with Gasteiger partial charge in [0, 0.05) is 12.3 Å². The minimum atomic E-state index is 0.437. The van der Waals surface area contributed by atoms with Gasteiger partial charge in [0.05, 0.1) is 12.9 Å². The zero-order valence-corrected chi connectivity index (χ0v) is 9.14. The van der Waals surface area contributed by atoms with E-state index in [9.17, 15) is 0 Å². The number of rotatable bonds is 5. The molecule has 74 valence electrons. The number of halogens is 1. The summed E-state index contributed by atoms with van der Waals surface area (Å²) >= 11 is 5.78. The molecule has 0 aliphatic heterocycles. The highest BCUT2D eigenvalue weighted by Gasteiger charge is 1.88. The molecule has 2 nitrogen and oxygen atoms in total. The SMILES string of the molecule is CCC/C=C/N=C(Cl)/C=C(\C)OC. The number of methoxy groups -OCH3 is 1. The Morgan fingerprint density at radius 2 is 2.23 bits per heavy atom. The first-order chi connectivity index (χ1) is 6.20. The molecule has 0 bridgehead atoms. The van der Waals surface area contributed by atoms with E-state index >= 15 is 0 Å². The van der Waals surface area contributed by atoms with Crippen LogP contribution in [0.3, 0.4) is 0 Å².